The van der Waals surface area contributed by atoms with Crippen LogP contribution in [0.5, 0.6) is 5.75 Å². The summed E-state index contributed by atoms with van der Waals surface area (Å²) >= 11 is 8.11. The Balaban J connectivity index is 0. The Morgan fingerprint density at radius 1 is 1.13 bits per heavy atom. The number of aryl methyl sites for hydroxylation is 1. The minimum Gasteiger partial charge on any atom is -0.497 e. The molecule has 0 bridgehead atoms. The first-order valence-electron chi connectivity index (χ1n) is 17.4. The first kappa shape index (κ1) is 46.1. The maximum absolute atomic E-state index is 8.72. The van der Waals surface area contributed by atoms with E-state index in [4.69, 9.17) is 21.4 Å². The number of aliphatic hydroxyl groups excluding tert-OH is 1. The van der Waals surface area contributed by atoms with E-state index in [0.29, 0.717) is 17.7 Å². The summed E-state index contributed by atoms with van der Waals surface area (Å²) in [6.07, 6.45) is 12.0. The number of allylic oxidation sites excluding steroid dienone is 2. The minimum absolute atomic E-state index is 0.00697. The van der Waals surface area contributed by atoms with E-state index >= 15 is 0 Å². The average Bonchev–Trinajstić information content (AvgIpc) is 3.48. The summed E-state index contributed by atoms with van der Waals surface area (Å²) in [7, 11) is 1.68. The van der Waals surface area contributed by atoms with Crippen molar-refractivity contribution in [3.8, 4) is 5.75 Å². The summed E-state index contributed by atoms with van der Waals surface area (Å²) in [5.41, 5.74) is 2.02. The molecule has 264 valence electrons. The third-order valence-electron chi connectivity index (χ3n) is 6.81. The van der Waals surface area contributed by atoms with Crippen LogP contribution >= 0.6 is 22.9 Å². The Hall–Kier alpha value is -2.03. The monoisotopic (exact) mass is 678 g/mol. The van der Waals surface area contributed by atoms with E-state index in [1.807, 2.05) is 72.9 Å². The lowest BCUT2D eigenvalue weighted by atomic mass is 10.0. The molecule has 6 nitrogen and oxygen atoms in total. The van der Waals surface area contributed by atoms with Gasteiger partial charge in [0.2, 0.25) is 0 Å². The lowest BCUT2D eigenvalue weighted by Crippen LogP contribution is -2.42. The smallest absolute Gasteiger partial charge is 0.134 e. The van der Waals surface area contributed by atoms with Gasteiger partial charge in [0.25, 0.3) is 0 Å². The van der Waals surface area contributed by atoms with E-state index in [9.17, 15) is 0 Å². The molecule has 1 aliphatic heterocycles. The fourth-order valence-electron chi connectivity index (χ4n) is 4.58. The molecular formula is C38H67ClN4O2S. The number of fused-ring (bicyclic) bond motifs is 1. The molecule has 2 N–H and O–H groups in total. The van der Waals surface area contributed by atoms with Gasteiger partial charge in [-0.15, -0.1) is 11.3 Å². The van der Waals surface area contributed by atoms with Gasteiger partial charge in [-0.2, -0.15) is 0 Å². The highest BCUT2D eigenvalue weighted by atomic mass is 35.5. The van der Waals surface area contributed by atoms with Crippen molar-refractivity contribution in [1.29, 1.82) is 0 Å². The molecule has 1 atom stereocenters. The van der Waals surface area contributed by atoms with Crippen molar-refractivity contribution < 1.29 is 9.84 Å². The fraction of sp³-hybridized carbons (Fsp3) is 0.632. The van der Waals surface area contributed by atoms with Gasteiger partial charge in [0.1, 0.15) is 10.9 Å². The molecule has 1 aromatic carbocycles. The Morgan fingerprint density at radius 2 is 1.80 bits per heavy atom. The Labute approximate surface area is 292 Å². The van der Waals surface area contributed by atoms with Gasteiger partial charge < -0.3 is 15.2 Å². The number of pyridine rings is 1. The zero-order valence-electron chi connectivity index (χ0n) is 31.5. The second kappa shape index (κ2) is 28.0. The molecule has 0 aliphatic carbocycles. The van der Waals surface area contributed by atoms with Crippen LogP contribution in [0.2, 0.25) is 5.15 Å². The molecule has 0 radical (unpaired) electrons. The topological polar surface area (TPSA) is 70.5 Å². The summed E-state index contributed by atoms with van der Waals surface area (Å²) < 4.78 is 5.29. The highest BCUT2D eigenvalue weighted by Gasteiger charge is 2.20. The zero-order valence-corrected chi connectivity index (χ0v) is 33.0. The van der Waals surface area contributed by atoms with Crippen LogP contribution in [0.3, 0.4) is 0 Å². The molecule has 1 unspecified atom stereocenters. The lowest BCUT2D eigenvalue weighted by Gasteiger charge is -2.33. The number of thiazole rings is 1. The second-order valence-electron chi connectivity index (χ2n) is 10.9. The third-order valence-corrected chi connectivity index (χ3v) is 8.05. The second-order valence-corrected chi connectivity index (χ2v) is 12.5. The first-order valence-corrected chi connectivity index (χ1v) is 18.6. The summed E-state index contributed by atoms with van der Waals surface area (Å²) in [4.78, 5) is 12.6. The largest absolute Gasteiger partial charge is 0.497 e. The van der Waals surface area contributed by atoms with Crippen LogP contribution in [-0.2, 0) is 13.0 Å². The van der Waals surface area contributed by atoms with Gasteiger partial charge in [-0.3, -0.25) is 4.90 Å². The number of rotatable bonds is 9. The molecule has 0 amide bonds. The number of hydrogen-bond acceptors (Lipinski definition) is 7. The quantitative estimate of drug-likeness (QED) is 0.173. The van der Waals surface area contributed by atoms with Crippen molar-refractivity contribution in [3.05, 3.63) is 63.2 Å². The molecule has 3 aromatic rings. The highest BCUT2D eigenvalue weighted by Crippen LogP contribution is 2.27. The molecule has 2 aromatic heterocycles. The fourth-order valence-corrected chi connectivity index (χ4v) is 5.80. The summed E-state index contributed by atoms with van der Waals surface area (Å²) in [5.74, 6) is 0.851. The van der Waals surface area contributed by atoms with Gasteiger partial charge in [-0.25, -0.2) is 9.97 Å². The van der Waals surface area contributed by atoms with Crippen LogP contribution < -0.4 is 10.1 Å². The number of aromatic nitrogens is 2. The summed E-state index contributed by atoms with van der Waals surface area (Å²) in [5, 5.41) is 14.9. The molecule has 8 heteroatoms. The molecular weight excluding hydrogens is 612 g/mol. The van der Waals surface area contributed by atoms with E-state index in [2.05, 4.69) is 73.0 Å². The van der Waals surface area contributed by atoms with Crippen molar-refractivity contribution in [1.82, 2.24) is 20.2 Å². The summed E-state index contributed by atoms with van der Waals surface area (Å²) in [6.45, 7) is 27.6. The van der Waals surface area contributed by atoms with Crippen LogP contribution in [0.25, 0.3) is 10.9 Å². The van der Waals surface area contributed by atoms with E-state index in [1.165, 1.54) is 24.1 Å². The maximum Gasteiger partial charge on any atom is 0.134 e. The van der Waals surface area contributed by atoms with Crippen molar-refractivity contribution in [2.24, 2.45) is 0 Å². The predicted octanol–water partition coefficient (Wildman–Crippen LogP) is 10.7. The number of halogens is 1. The number of likely N-dealkylation sites (tertiary alicyclic amines) is 1. The first-order chi connectivity index (χ1) is 22.1. The SMILES string of the molecule is C/C=C\CC.CC.CC.CC.COc1ccc2nc(Cl)c(CN3CCCCC3C)cc2c1.Cc1cnc(CC(C)(C)NCCO)s1. The third kappa shape index (κ3) is 19.0. The zero-order chi connectivity index (χ0) is 35.5. The van der Waals surface area contributed by atoms with Crippen molar-refractivity contribution >= 4 is 33.8 Å². The number of nitrogens with zero attached hydrogens (tertiary/aromatic N) is 3. The molecule has 3 heterocycles. The summed E-state index contributed by atoms with van der Waals surface area (Å²) in [6, 6.07) is 8.65. The van der Waals surface area contributed by atoms with Crippen LogP contribution in [0.15, 0.2) is 42.6 Å². The van der Waals surface area contributed by atoms with Gasteiger partial charge in [0.05, 0.1) is 24.2 Å². The molecule has 0 spiro atoms. The van der Waals surface area contributed by atoms with Crippen molar-refractivity contribution in [3.63, 3.8) is 0 Å². The number of ether oxygens (including phenoxy) is 1. The Bertz CT molecular complexity index is 1180. The molecule has 1 saturated heterocycles. The van der Waals surface area contributed by atoms with Gasteiger partial charge >= 0.3 is 0 Å². The normalized spacial score (nSPS) is 14.2. The van der Waals surface area contributed by atoms with E-state index in [1.54, 1.807) is 18.4 Å². The number of aliphatic hydroxyl groups is 1. The van der Waals surface area contributed by atoms with Crippen molar-refractivity contribution in [2.45, 2.75) is 133 Å². The number of methoxy groups -OCH3 is 1. The standard InChI is InChI=1S/C17H21ClN2O.C10H18N2OS.C5H10.3C2H6/c1-12-5-3-4-8-20(12)11-14-9-13-10-15(21-2)6-7-16(13)19-17(14)18;1-8-7-11-9(14-8)6-10(2,3)12-4-5-13;1-3-5-4-2;3*1-2/h6-7,9-10,12H,3-5,8,11H2,1-2H3;7,12-13H,4-6H2,1-3H3;3,5H,4H2,1-2H3;3*1-2H3/b;;5-3-;;;. The molecule has 1 aliphatic rings. The molecule has 0 saturated carbocycles. The molecule has 1 fully saturated rings. The van der Waals surface area contributed by atoms with Crippen LogP contribution in [0, 0.1) is 6.92 Å². The highest BCUT2D eigenvalue weighted by molar-refractivity contribution is 7.11. The van der Waals surface area contributed by atoms with Crippen LogP contribution in [-0.4, -0.2) is 58.4 Å². The predicted molar refractivity (Wildman–Crippen MR) is 206 cm³/mol. The van der Waals surface area contributed by atoms with Crippen LogP contribution in [0.1, 0.15) is 117 Å². The van der Waals surface area contributed by atoms with E-state index in [-0.39, 0.29) is 12.1 Å². The van der Waals surface area contributed by atoms with Crippen LogP contribution in [0.4, 0.5) is 0 Å². The van der Waals surface area contributed by atoms with Gasteiger partial charge in [-0.05, 0) is 84.7 Å². The number of β-amino-alcohol motifs (C(OH)–C–C–N with tert-alkyl or cyclic N) is 1. The van der Waals surface area contributed by atoms with Gasteiger partial charge in [0.15, 0.2) is 0 Å². The molecule has 46 heavy (non-hydrogen) atoms. The van der Waals surface area contributed by atoms with E-state index < -0.39 is 0 Å². The number of nitrogens with one attached hydrogen (secondary N) is 1. The maximum atomic E-state index is 8.72. The Kier molecular flexibility index (Phi) is 28.1. The van der Waals surface area contributed by atoms with Gasteiger partial charge in [0, 0.05) is 53.1 Å². The average molecular weight is 680 g/mol. The van der Waals surface area contributed by atoms with Gasteiger partial charge in [-0.1, -0.05) is 78.6 Å². The minimum atomic E-state index is 0.00697. The lowest BCUT2D eigenvalue weighted by molar-refractivity contribution is 0.152. The Morgan fingerprint density at radius 3 is 2.30 bits per heavy atom. The van der Waals surface area contributed by atoms with Crippen molar-refractivity contribution in [2.75, 3.05) is 26.8 Å². The number of benzene rings is 1. The number of piperidine rings is 1. The number of hydrogen-bond donors (Lipinski definition) is 2. The van der Waals surface area contributed by atoms with E-state index in [0.717, 1.165) is 53.2 Å². The molecule has 4 rings (SSSR count).